The first-order chi connectivity index (χ1) is 10.8. The van der Waals surface area contributed by atoms with Crippen LogP contribution < -0.4 is 9.47 Å². The Kier molecular flexibility index (Phi) is 5.13. The second-order valence-corrected chi connectivity index (χ2v) is 6.00. The molecule has 2 atom stereocenters. The van der Waals surface area contributed by atoms with Crippen molar-refractivity contribution in [2.75, 3.05) is 13.7 Å². The number of hydrogen-bond acceptors (Lipinski definition) is 4. The summed E-state index contributed by atoms with van der Waals surface area (Å²) in [5.41, 5.74) is 0.468. The standard InChI is InChI=1S/C17H23NO5/c1-10(2)23-14-6-5-12(9-15(14)22-4)16(19)18-8-7-13(11(18)3)17(20)21/h5-6,9-11,13H,7-8H2,1-4H3,(H,20,21). The number of carbonyl (C=O) groups excluding carboxylic acids is 1. The number of carboxylic acid groups (broad SMARTS) is 1. The van der Waals surface area contributed by atoms with Crippen molar-refractivity contribution in [3.05, 3.63) is 23.8 Å². The van der Waals surface area contributed by atoms with Gasteiger partial charge in [-0.25, -0.2) is 0 Å². The lowest BCUT2D eigenvalue weighted by Crippen LogP contribution is -2.37. The van der Waals surface area contributed by atoms with Crippen molar-refractivity contribution in [2.45, 2.75) is 39.3 Å². The predicted molar refractivity (Wildman–Crippen MR) is 85.0 cm³/mol. The number of nitrogens with zero attached hydrogens (tertiary/aromatic N) is 1. The molecule has 0 aromatic heterocycles. The number of carbonyl (C=O) groups is 2. The number of hydrogen-bond donors (Lipinski definition) is 1. The summed E-state index contributed by atoms with van der Waals surface area (Å²) in [4.78, 5) is 25.5. The highest BCUT2D eigenvalue weighted by Crippen LogP contribution is 2.31. The molecule has 2 rings (SSSR count). The highest BCUT2D eigenvalue weighted by Gasteiger charge is 2.38. The SMILES string of the molecule is COc1cc(C(=O)N2CCC(C(=O)O)C2C)ccc1OC(C)C. The molecule has 2 unspecified atom stereocenters. The largest absolute Gasteiger partial charge is 0.493 e. The van der Waals surface area contributed by atoms with Gasteiger partial charge in [-0.1, -0.05) is 0 Å². The number of benzene rings is 1. The van der Waals surface area contributed by atoms with Gasteiger partial charge in [0.05, 0.1) is 19.1 Å². The van der Waals surface area contributed by atoms with Gasteiger partial charge in [-0.2, -0.15) is 0 Å². The third-order valence-corrected chi connectivity index (χ3v) is 4.11. The van der Waals surface area contributed by atoms with E-state index in [0.717, 1.165) is 0 Å². The molecule has 1 N–H and O–H groups in total. The topological polar surface area (TPSA) is 76.1 Å². The smallest absolute Gasteiger partial charge is 0.308 e. The normalized spacial score (nSPS) is 20.7. The molecule has 126 valence electrons. The lowest BCUT2D eigenvalue weighted by atomic mass is 10.0. The molecule has 0 radical (unpaired) electrons. The van der Waals surface area contributed by atoms with Gasteiger partial charge in [-0.05, 0) is 45.4 Å². The first-order valence-electron chi connectivity index (χ1n) is 7.73. The van der Waals surface area contributed by atoms with Crippen molar-refractivity contribution in [2.24, 2.45) is 5.92 Å². The molecular formula is C17H23NO5. The van der Waals surface area contributed by atoms with Crippen LogP contribution in [0.1, 0.15) is 37.6 Å². The van der Waals surface area contributed by atoms with Crippen molar-refractivity contribution in [3.63, 3.8) is 0 Å². The lowest BCUT2D eigenvalue weighted by Gasteiger charge is -2.24. The summed E-state index contributed by atoms with van der Waals surface area (Å²) in [5, 5.41) is 9.18. The molecule has 6 heteroatoms. The molecular weight excluding hydrogens is 298 g/mol. The summed E-state index contributed by atoms with van der Waals surface area (Å²) in [6.45, 7) is 6.05. The zero-order valence-electron chi connectivity index (χ0n) is 13.9. The highest BCUT2D eigenvalue weighted by atomic mass is 16.5. The van der Waals surface area contributed by atoms with Crippen molar-refractivity contribution in [1.82, 2.24) is 4.90 Å². The maximum absolute atomic E-state index is 12.7. The van der Waals surface area contributed by atoms with Gasteiger partial charge in [0, 0.05) is 18.2 Å². The Bertz CT molecular complexity index is 599. The first-order valence-corrected chi connectivity index (χ1v) is 7.73. The summed E-state index contributed by atoms with van der Waals surface area (Å²) in [5.74, 6) is -0.478. The molecule has 0 bridgehead atoms. The summed E-state index contributed by atoms with van der Waals surface area (Å²) >= 11 is 0. The van der Waals surface area contributed by atoms with E-state index in [1.54, 1.807) is 30.0 Å². The Balaban J connectivity index is 2.21. The van der Waals surface area contributed by atoms with E-state index in [1.165, 1.54) is 7.11 Å². The van der Waals surface area contributed by atoms with Crippen LogP contribution in [0.2, 0.25) is 0 Å². The van der Waals surface area contributed by atoms with Gasteiger partial charge in [-0.15, -0.1) is 0 Å². The minimum absolute atomic E-state index is 0.000352. The van der Waals surface area contributed by atoms with Crippen LogP contribution in [0.25, 0.3) is 0 Å². The number of rotatable bonds is 5. The molecule has 1 amide bonds. The number of ether oxygens (including phenoxy) is 2. The Morgan fingerprint density at radius 2 is 2.00 bits per heavy atom. The Morgan fingerprint density at radius 1 is 1.30 bits per heavy atom. The van der Waals surface area contributed by atoms with E-state index in [2.05, 4.69) is 0 Å². The minimum Gasteiger partial charge on any atom is -0.493 e. The predicted octanol–water partition coefficient (Wildman–Crippen LogP) is 2.42. The Labute approximate surface area is 136 Å². The summed E-state index contributed by atoms with van der Waals surface area (Å²) in [6, 6.07) is 4.71. The van der Waals surface area contributed by atoms with Gasteiger partial charge in [0.2, 0.25) is 0 Å². The van der Waals surface area contributed by atoms with Crippen molar-refractivity contribution >= 4 is 11.9 Å². The molecule has 6 nitrogen and oxygen atoms in total. The number of aliphatic carboxylic acids is 1. The van der Waals surface area contributed by atoms with Crippen LogP contribution in [0.5, 0.6) is 11.5 Å². The Morgan fingerprint density at radius 3 is 2.52 bits per heavy atom. The average Bonchev–Trinajstić information content (AvgIpc) is 2.88. The molecule has 1 fully saturated rings. The van der Waals surface area contributed by atoms with Crippen LogP contribution in [0.4, 0.5) is 0 Å². The van der Waals surface area contributed by atoms with E-state index in [9.17, 15) is 14.7 Å². The van der Waals surface area contributed by atoms with Gasteiger partial charge < -0.3 is 19.5 Å². The molecule has 1 aliphatic rings. The van der Waals surface area contributed by atoms with E-state index in [1.807, 2.05) is 13.8 Å². The zero-order valence-corrected chi connectivity index (χ0v) is 13.9. The van der Waals surface area contributed by atoms with Crippen LogP contribution >= 0.6 is 0 Å². The van der Waals surface area contributed by atoms with E-state index < -0.39 is 11.9 Å². The quantitative estimate of drug-likeness (QED) is 0.901. The molecule has 1 aromatic rings. The third kappa shape index (κ3) is 3.57. The van der Waals surface area contributed by atoms with Gasteiger partial charge >= 0.3 is 5.97 Å². The molecule has 1 saturated heterocycles. The number of amides is 1. The van der Waals surface area contributed by atoms with Crippen LogP contribution in [0, 0.1) is 5.92 Å². The van der Waals surface area contributed by atoms with Crippen molar-refractivity contribution in [3.8, 4) is 11.5 Å². The van der Waals surface area contributed by atoms with E-state index in [-0.39, 0.29) is 18.1 Å². The average molecular weight is 321 g/mol. The van der Waals surface area contributed by atoms with Gasteiger partial charge in [0.15, 0.2) is 11.5 Å². The van der Waals surface area contributed by atoms with Crippen molar-refractivity contribution in [1.29, 1.82) is 0 Å². The molecule has 23 heavy (non-hydrogen) atoms. The fourth-order valence-corrected chi connectivity index (χ4v) is 2.87. The molecule has 1 aromatic carbocycles. The number of carboxylic acids is 1. The monoisotopic (exact) mass is 321 g/mol. The first kappa shape index (κ1) is 17.1. The fraction of sp³-hybridized carbons (Fsp3) is 0.529. The summed E-state index contributed by atoms with van der Waals surface area (Å²) in [7, 11) is 1.52. The molecule has 0 aliphatic carbocycles. The number of likely N-dealkylation sites (tertiary alicyclic amines) is 1. The highest BCUT2D eigenvalue weighted by molar-refractivity contribution is 5.95. The van der Waals surface area contributed by atoms with Crippen LogP contribution in [-0.2, 0) is 4.79 Å². The van der Waals surface area contributed by atoms with Crippen molar-refractivity contribution < 1.29 is 24.2 Å². The molecule has 1 heterocycles. The second-order valence-electron chi connectivity index (χ2n) is 6.00. The Hall–Kier alpha value is -2.24. The van der Waals surface area contributed by atoms with Gasteiger partial charge in [0.1, 0.15) is 0 Å². The number of methoxy groups -OCH3 is 1. The molecule has 0 saturated carbocycles. The maximum Gasteiger partial charge on any atom is 0.308 e. The van der Waals surface area contributed by atoms with Gasteiger partial charge in [-0.3, -0.25) is 9.59 Å². The van der Waals surface area contributed by atoms with Crippen LogP contribution in [0.15, 0.2) is 18.2 Å². The lowest BCUT2D eigenvalue weighted by molar-refractivity contribution is -0.142. The third-order valence-electron chi connectivity index (χ3n) is 4.11. The maximum atomic E-state index is 12.7. The second kappa shape index (κ2) is 6.89. The molecule has 0 spiro atoms. The summed E-state index contributed by atoms with van der Waals surface area (Å²) in [6.07, 6.45) is 0.480. The summed E-state index contributed by atoms with van der Waals surface area (Å²) < 4.78 is 10.9. The van der Waals surface area contributed by atoms with Crippen LogP contribution in [0.3, 0.4) is 0 Å². The van der Waals surface area contributed by atoms with E-state index >= 15 is 0 Å². The van der Waals surface area contributed by atoms with E-state index in [0.29, 0.717) is 30.0 Å². The van der Waals surface area contributed by atoms with Gasteiger partial charge in [0.25, 0.3) is 5.91 Å². The van der Waals surface area contributed by atoms with E-state index in [4.69, 9.17) is 9.47 Å². The molecule has 1 aliphatic heterocycles. The van der Waals surface area contributed by atoms with Crippen LogP contribution in [-0.4, -0.2) is 47.7 Å². The fourth-order valence-electron chi connectivity index (χ4n) is 2.87. The minimum atomic E-state index is -0.855. The zero-order chi connectivity index (χ0) is 17.1.